The smallest absolute Gasteiger partial charge is 0.295 e. The Bertz CT molecular complexity index is 936. The van der Waals surface area contributed by atoms with Crippen LogP contribution in [0.5, 0.6) is 5.75 Å². The lowest BCUT2D eigenvalue weighted by molar-refractivity contribution is -0.139. The molecule has 0 spiro atoms. The minimum Gasteiger partial charge on any atom is -0.507 e. The maximum atomic E-state index is 12.9. The van der Waals surface area contributed by atoms with Crippen molar-refractivity contribution in [3.8, 4) is 5.75 Å². The highest BCUT2D eigenvalue weighted by molar-refractivity contribution is 6.46. The maximum Gasteiger partial charge on any atom is 0.295 e. The van der Waals surface area contributed by atoms with Crippen LogP contribution in [-0.2, 0) is 9.59 Å². The monoisotopic (exact) mass is 413 g/mol. The van der Waals surface area contributed by atoms with Gasteiger partial charge in [-0.2, -0.15) is 0 Å². The van der Waals surface area contributed by atoms with E-state index in [1.165, 1.54) is 7.11 Å². The first-order valence-corrected chi connectivity index (χ1v) is 10.0. The Morgan fingerprint density at radius 3 is 2.52 bits per heavy atom. The number of carbonyl (C=O) groups is 2. The molecule has 2 aromatic rings. The zero-order valence-electron chi connectivity index (χ0n) is 16.5. The number of halogens is 1. The van der Waals surface area contributed by atoms with Crippen LogP contribution < -0.4 is 4.74 Å². The lowest BCUT2D eigenvalue weighted by Crippen LogP contribution is -2.30. The Balaban J connectivity index is 2.12. The van der Waals surface area contributed by atoms with Crippen molar-refractivity contribution in [2.24, 2.45) is 0 Å². The predicted molar refractivity (Wildman–Crippen MR) is 113 cm³/mol. The first-order valence-electron chi connectivity index (χ1n) is 9.66. The Morgan fingerprint density at radius 1 is 1.14 bits per heavy atom. The number of likely N-dealkylation sites (tertiary alicyclic amines) is 1. The van der Waals surface area contributed by atoms with Crippen molar-refractivity contribution in [2.45, 2.75) is 32.2 Å². The van der Waals surface area contributed by atoms with E-state index in [0.29, 0.717) is 22.9 Å². The molecule has 1 unspecified atom stereocenters. The number of nitrogens with zero attached hydrogens (tertiary/aromatic N) is 1. The van der Waals surface area contributed by atoms with Crippen molar-refractivity contribution in [3.63, 3.8) is 0 Å². The van der Waals surface area contributed by atoms with Crippen LogP contribution in [0.4, 0.5) is 0 Å². The molecule has 1 fully saturated rings. The van der Waals surface area contributed by atoms with Gasteiger partial charge in [0.05, 0.1) is 18.7 Å². The van der Waals surface area contributed by atoms with Crippen LogP contribution in [0, 0.1) is 0 Å². The summed E-state index contributed by atoms with van der Waals surface area (Å²) in [5, 5.41) is 11.6. The number of carbonyl (C=O) groups excluding carboxylic acids is 2. The lowest BCUT2D eigenvalue weighted by atomic mass is 9.95. The second-order valence-corrected chi connectivity index (χ2v) is 7.42. The van der Waals surface area contributed by atoms with Gasteiger partial charge >= 0.3 is 0 Å². The summed E-state index contributed by atoms with van der Waals surface area (Å²) >= 11 is 6.02. The molecule has 1 N–H and O–H groups in total. The van der Waals surface area contributed by atoms with Crippen molar-refractivity contribution < 1.29 is 19.4 Å². The molecular formula is C23H24ClNO4. The zero-order valence-corrected chi connectivity index (χ0v) is 17.3. The van der Waals surface area contributed by atoms with Crippen molar-refractivity contribution in [2.75, 3.05) is 13.7 Å². The zero-order chi connectivity index (χ0) is 21.0. The quantitative estimate of drug-likeness (QED) is 0.301. The van der Waals surface area contributed by atoms with Gasteiger partial charge in [-0.25, -0.2) is 0 Å². The molecule has 1 saturated heterocycles. The van der Waals surface area contributed by atoms with Crippen LogP contribution in [0.15, 0.2) is 54.1 Å². The Kier molecular flexibility index (Phi) is 6.60. The molecular weight excluding hydrogens is 390 g/mol. The number of rotatable bonds is 7. The van der Waals surface area contributed by atoms with Crippen LogP contribution >= 0.6 is 11.6 Å². The highest BCUT2D eigenvalue weighted by Crippen LogP contribution is 2.40. The topological polar surface area (TPSA) is 66.8 Å². The van der Waals surface area contributed by atoms with Crippen LogP contribution in [0.3, 0.4) is 0 Å². The molecule has 0 radical (unpaired) electrons. The molecule has 1 aliphatic heterocycles. The molecule has 0 bridgehead atoms. The van der Waals surface area contributed by atoms with Gasteiger partial charge in [0.25, 0.3) is 11.7 Å². The molecule has 1 heterocycles. The number of aliphatic hydroxyl groups is 1. The minimum absolute atomic E-state index is 0.0853. The van der Waals surface area contributed by atoms with Gasteiger partial charge in [-0.05, 0) is 36.2 Å². The van der Waals surface area contributed by atoms with Crippen LogP contribution in [0.2, 0.25) is 5.02 Å². The second-order valence-electron chi connectivity index (χ2n) is 6.98. The van der Waals surface area contributed by atoms with Crippen LogP contribution in [-0.4, -0.2) is 35.4 Å². The number of ketones is 1. The molecule has 5 nitrogen and oxygen atoms in total. The molecule has 0 aliphatic carbocycles. The number of hydrogen-bond acceptors (Lipinski definition) is 4. The van der Waals surface area contributed by atoms with Crippen LogP contribution in [0.1, 0.15) is 43.4 Å². The standard InChI is InChI=1S/C23H24ClNO4/c1-3-4-5-13-25-20(15-9-11-17(24)12-10-15)19(22(27)23(25)28)21(26)16-7-6-8-18(14-16)29-2/h6-12,14,20,26H,3-5,13H2,1-2H3/b21-19-. The van der Waals surface area contributed by atoms with E-state index in [9.17, 15) is 14.7 Å². The first kappa shape index (κ1) is 20.9. The number of aliphatic hydroxyl groups excluding tert-OH is 1. The van der Waals surface area contributed by atoms with Gasteiger partial charge in [-0.15, -0.1) is 0 Å². The molecule has 6 heteroatoms. The molecule has 0 aromatic heterocycles. The summed E-state index contributed by atoms with van der Waals surface area (Å²) in [4.78, 5) is 27.3. The van der Waals surface area contributed by atoms with E-state index in [2.05, 4.69) is 6.92 Å². The van der Waals surface area contributed by atoms with Crippen molar-refractivity contribution >= 4 is 29.1 Å². The number of benzene rings is 2. The summed E-state index contributed by atoms with van der Waals surface area (Å²) in [5.41, 5.74) is 1.24. The van der Waals surface area contributed by atoms with Gasteiger partial charge < -0.3 is 14.7 Å². The third kappa shape index (κ3) is 4.30. The second kappa shape index (κ2) is 9.14. The van der Waals surface area contributed by atoms with E-state index < -0.39 is 17.7 Å². The van der Waals surface area contributed by atoms with E-state index in [4.69, 9.17) is 16.3 Å². The van der Waals surface area contributed by atoms with E-state index in [1.54, 1.807) is 53.4 Å². The molecule has 0 saturated carbocycles. The van der Waals surface area contributed by atoms with Gasteiger partial charge in [0.1, 0.15) is 11.5 Å². The highest BCUT2D eigenvalue weighted by atomic mass is 35.5. The van der Waals surface area contributed by atoms with E-state index >= 15 is 0 Å². The van der Waals surface area contributed by atoms with Gasteiger partial charge in [0, 0.05) is 17.1 Å². The average molecular weight is 414 g/mol. The normalized spacial score (nSPS) is 18.3. The van der Waals surface area contributed by atoms with Gasteiger partial charge in [-0.3, -0.25) is 9.59 Å². The Labute approximate surface area is 175 Å². The predicted octanol–water partition coefficient (Wildman–Crippen LogP) is 4.96. The fourth-order valence-electron chi connectivity index (χ4n) is 3.56. The molecule has 29 heavy (non-hydrogen) atoms. The maximum absolute atomic E-state index is 12.9. The molecule has 1 amide bonds. The minimum atomic E-state index is -0.679. The fourth-order valence-corrected chi connectivity index (χ4v) is 3.69. The van der Waals surface area contributed by atoms with Crippen molar-refractivity contribution in [1.82, 2.24) is 4.90 Å². The summed E-state index contributed by atoms with van der Waals surface area (Å²) in [6.07, 6.45) is 2.73. The number of methoxy groups -OCH3 is 1. The summed E-state index contributed by atoms with van der Waals surface area (Å²) in [6, 6.07) is 13.1. The fraction of sp³-hybridized carbons (Fsp3) is 0.304. The van der Waals surface area contributed by atoms with Crippen molar-refractivity contribution in [1.29, 1.82) is 0 Å². The largest absolute Gasteiger partial charge is 0.507 e. The summed E-state index contributed by atoms with van der Waals surface area (Å²) in [7, 11) is 1.53. The molecule has 152 valence electrons. The van der Waals surface area contributed by atoms with E-state index in [0.717, 1.165) is 24.8 Å². The van der Waals surface area contributed by atoms with Crippen LogP contribution in [0.25, 0.3) is 5.76 Å². The van der Waals surface area contributed by atoms with Crippen molar-refractivity contribution in [3.05, 3.63) is 70.3 Å². The number of ether oxygens (including phenoxy) is 1. The summed E-state index contributed by atoms with van der Waals surface area (Å²) in [6.45, 7) is 2.52. The first-order chi connectivity index (χ1) is 14.0. The SMILES string of the molecule is CCCCCN1C(=O)C(=O)/C(=C(\O)c2cccc(OC)c2)C1c1ccc(Cl)cc1. The van der Waals surface area contributed by atoms with E-state index in [-0.39, 0.29) is 11.3 Å². The van der Waals surface area contributed by atoms with Gasteiger partial charge in [-0.1, -0.05) is 55.6 Å². The van der Waals surface area contributed by atoms with Gasteiger partial charge in [0.2, 0.25) is 0 Å². The number of hydrogen-bond donors (Lipinski definition) is 1. The molecule has 1 aliphatic rings. The molecule has 3 rings (SSSR count). The Hall–Kier alpha value is -2.79. The number of amides is 1. The Morgan fingerprint density at radius 2 is 1.86 bits per heavy atom. The third-order valence-electron chi connectivity index (χ3n) is 5.07. The molecule has 1 atom stereocenters. The highest BCUT2D eigenvalue weighted by Gasteiger charge is 2.45. The number of Topliss-reactive ketones (excluding diaryl/α,β-unsaturated/α-hetero) is 1. The number of unbranched alkanes of at least 4 members (excludes halogenated alkanes) is 2. The molecule has 2 aromatic carbocycles. The van der Waals surface area contributed by atoms with E-state index in [1.807, 2.05) is 0 Å². The average Bonchev–Trinajstić information content (AvgIpc) is 2.99. The lowest BCUT2D eigenvalue weighted by Gasteiger charge is -2.25. The summed E-state index contributed by atoms with van der Waals surface area (Å²) < 4.78 is 5.22. The third-order valence-corrected chi connectivity index (χ3v) is 5.32. The summed E-state index contributed by atoms with van der Waals surface area (Å²) in [5.74, 6) is -0.929. The van der Waals surface area contributed by atoms with Gasteiger partial charge in [0.15, 0.2) is 0 Å².